The van der Waals surface area contributed by atoms with Crippen LogP contribution in [0.3, 0.4) is 0 Å². The Morgan fingerprint density at radius 1 is 0.952 bits per heavy atom. The van der Waals surface area contributed by atoms with Crippen LogP contribution >= 0.6 is 0 Å². The predicted molar refractivity (Wildman–Crippen MR) is 87.7 cm³/mol. The van der Waals surface area contributed by atoms with Gasteiger partial charge in [-0.25, -0.2) is 9.97 Å². The van der Waals surface area contributed by atoms with Gasteiger partial charge >= 0.3 is 0 Å². The number of nitrogens with one attached hydrogen (secondary N) is 2. The third kappa shape index (κ3) is 3.00. The third-order valence-electron chi connectivity index (χ3n) is 4.73. The Labute approximate surface area is 126 Å². The summed E-state index contributed by atoms with van der Waals surface area (Å²) in [5, 5.41) is 8.15. The smallest absolute Gasteiger partial charge is 0.137 e. The summed E-state index contributed by atoms with van der Waals surface area (Å²) in [6, 6.07) is 5.55. The van der Waals surface area contributed by atoms with Crippen molar-refractivity contribution in [2.75, 3.05) is 12.4 Å². The summed E-state index contributed by atoms with van der Waals surface area (Å²) in [7, 11) is 2.06. The molecule has 0 unspecified atom stereocenters. The van der Waals surface area contributed by atoms with E-state index in [0.717, 1.165) is 16.7 Å². The quantitative estimate of drug-likeness (QED) is 0.909. The van der Waals surface area contributed by atoms with Crippen LogP contribution in [0, 0.1) is 13.8 Å². The maximum absolute atomic E-state index is 4.47. The second-order valence-electron chi connectivity index (χ2n) is 6.16. The number of anilines is 1. The van der Waals surface area contributed by atoms with Crippen LogP contribution in [0.25, 0.3) is 10.9 Å². The largest absolute Gasteiger partial charge is 0.367 e. The van der Waals surface area contributed by atoms with E-state index in [2.05, 4.69) is 53.6 Å². The molecule has 1 aromatic carbocycles. The first kappa shape index (κ1) is 14.3. The normalized spacial score (nSPS) is 22.4. The standard InChI is InChI=1S/C17H24N4/c1-11-8-15-16(9-12(11)2)19-10-20-17(15)21-14-6-4-13(18-3)5-7-14/h8-10,13-14,18H,4-7H2,1-3H3,(H,19,20,21). The first-order valence-corrected chi connectivity index (χ1v) is 7.83. The molecule has 21 heavy (non-hydrogen) atoms. The maximum atomic E-state index is 4.47. The van der Waals surface area contributed by atoms with Gasteiger partial charge in [-0.2, -0.15) is 0 Å². The molecule has 3 rings (SSSR count). The Morgan fingerprint density at radius 2 is 1.62 bits per heavy atom. The van der Waals surface area contributed by atoms with E-state index in [4.69, 9.17) is 0 Å². The van der Waals surface area contributed by atoms with Crippen molar-refractivity contribution in [3.8, 4) is 0 Å². The van der Waals surface area contributed by atoms with E-state index in [9.17, 15) is 0 Å². The number of rotatable bonds is 3. The summed E-state index contributed by atoms with van der Waals surface area (Å²) in [4.78, 5) is 8.87. The van der Waals surface area contributed by atoms with Gasteiger partial charge in [0.1, 0.15) is 12.1 Å². The summed E-state index contributed by atoms with van der Waals surface area (Å²) in [5.41, 5.74) is 3.60. The minimum atomic E-state index is 0.523. The van der Waals surface area contributed by atoms with E-state index in [1.807, 2.05) is 0 Å². The SMILES string of the molecule is CNC1CCC(Nc2ncnc3cc(C)c(C)cc23)CC1. The number of hydrogen-bond donors (Lipinski definition) is 2. The zero-order chi connectivity index (χ0) is 14.8. The summed E-state index contributed by atoms with van der Waals surface area (Å²) >= 11 is 0. The van der Waals surface area contributed by atoms with Crippen LogP contribution in [0.5, 0.6) is 0 Å². The highest BCUT2D eigenvalue weighted by atomic mass is 15.0. The lowest BCUT2D eigenvalue weighted by molar-refractivity contribution is 0.371. The molecule has 0 amide bonds. The topological polar surface area (TPSA) is 49.8 Å². The average molecular weight is 284 g/mol. The molecule has 1 fully saturated rings. The molecule has 2 aromatic rings. The molecular weight excluding hydrogens is 260 g/mol. The Hall–Kier alpha value is -1.68. The van der Waals surface area contributed by atoms with E-state index < -0.39 is 0 Å². The van der Waals surface area contributed by atoms with Gasteiger partial charge in [0, 0.05) is 17.5 Å². The molecule has 0 atom stereocenters. The molecule has 1 aliphatic rings. The van der Waals surface area contributed by atoms with Gasteiger partial charge in [-0.15, -0.1) is 0 Å². The summed E-state index contributed by atoms with van der Waals surface area (Å²) < 4.78 is 0. The summed E-state index contributed by atoms with van der Waals surface area (Å²) in [6.45, 7) is 4.27. The molecule has 1 aliphatic carbocycles. The van der Waals surface area contributed by atoms with Crippen molar-refractivity contribution in [2.24, 2.45) is 0 Å². The van der Waals surface area contributed by atoms with Gasteiger partial charge in [-0.3, -0.25) is 0 Å². The minimum Gasteiger partial charge on any atom is -0.367 e. The molecule has 1 aromatic heterocycles. The zero-order valence-corrected chi connectivity index (χ0v) is 13.1. The van der Waals surface area contributed by atoms with Gasteiger partial charge in [0.2, 0.25) is 0 Å². The molecule has 1 heterocycles. The summed E-state index contributed by atoms with van der Waals surface area (Å²) in [5.74, 6) is 0.982. The van der Waals surface area contributed by atoms with Gasteiger partial charge in [0.25, 0.3) is 0 Å². The fraction of sp³-hybridized carbons (Fsp3) is 0.529. The molecule has 0 spiro atoms. The zero-order valence-electron chi connectivity index (χ0n) is 13.1. The van der Waals surface area contributed by atoms with Crippen LogP contribution in [0.1, 0.15) is 36.8 Å². The maximum Gasteiger partial charge on any atom is 0.137 e. The molecule has 0 bridgehead atoms. The average Bonchev–Trinajstić information content (AvgIpc) is 2.50. The third-order valence-corrected chi connectivity index (χ3v) is 4.73. The van der Waals surface area contributed by atoms with E-state index in [0.29, 0.717) is 12.1 Å². The number of fused-ring (bicyclic) bond motifs is 1. The lowest BCUT2D eigenvalue weighted by atomic mass is 9.91. The first-order chi connectivity index (χ1) is 10.2. The minimum absolute atomic E-state index is 0.523. The van der Waals surface area contributed by atoms with Gasteiger partial charge in [-0.1, -0.05) is 0 Å². The lowest BCUT2D eigenvalue weighted by Gasteiger charge is -2.29. The van der Waals surface area contributed by atoms with Crippen LogP contribution in [0.2, 0.25) is 0 Å². The molecule has 112 valence electrons. The van der Waals surface area contributed by atoms with Gasteiger partial charge in [-0.05, 0) is 69.8 Å². The number of benzene rings is 1. The Balaban J connectivity index is 1.83. The van der Waals surface area contributed by atoms with Crippen LogP contribution < -0.4 is 10.6 Å². The molecule has 2 N–H and O–H groups in total. The van der Waals surface area contributed by atoms with Gasteiger partial charge in [0.15, 0.2) is 0 Å². The van der Waals surface area contributed by atoms with Crippen molar-refractivity contribution < 1.29 is 0 Å². The van der Waals surface area contributed by atoms with Crippen molar-refractivity contribution in [1.29, 1.82) is 0 Å². The van der Waals surface area contributed by atoms with Gasteiger partial charge < -0.3 is 10.6 Å². The fourth-order valence-corrected chi connectivity index (χ4v) is 3.15. The highest BCUT2D eigenvalue weighted by Gasteiger charge is 2.20. The van der Waals surface area contributed by atoms with Crippen molar-refractivity contribution in [3.05, 3.63) is 29.6 Å². The second kappa shape index (κ2) is 5.98. The van der Waals surface area contributed by atoms with Crippen LogP contribution in [0.4, 0.5) is 5.82 Å². The van der Waals surface area contributed by atoms with E-state index in [1.54, 1.807) is 6.33 Å². The van der Waals surface area contributed by atoms with E-state index in [1.165, 1.54) is 36.8 Å². The molecule has 0 radical (unpaired) electrons. The van der Waals surface area contributed by atoms with Crippen LogP contribution in [0.15, 0.2) is 18.5 Å². The molecule has 4 nitrogen and oxygen atoms in total. The van der Waals surface area contributed by atoms with E-state index in [-0.39, 0.29) is 0 Å². The molecule has 0 saturated heterocycles. The van der Waals surface area contributed by atoms with E-state index >= 15 is 0 Å². The number of nitrogens with zero attached hydrogens (tertiary/aromatic N) is 2. The van der Waals surface area contributed by atoms with Crippen molar-refractivity contribution >= 4 is 16.7 Å². The Morgan fingerprint density at radius 3 is 2.33 bits per heavy atom. The van der Waals surface area contributed by atoms with Crippen LogP contribution in [-0.2, 0) is 0 Å². The summed E-state index contributed by atoms with van der Waals surface area (Å²) in [6.07, 6.45) is 6.52. The van der Waals surface area contributed by atoms with Crippen molar-refractivity contribution in [3.63, 3.8) is 0 Å². The first-order valence-electron chi connectivity index (χ1n) is 7.83. The van der Waals surface area contributed by atoms with Gasteiger partial charge in [0.05, 0.1) is 5.52 Å². The fourth-order valence-electron chi connectivity index (χ4n) is 3.15. The molecular formula is C17H24N4. The highest BCUT2D eigenvalue weighted by Crippen LogP contribution is 2.26. The number of aryl methyl sites for hydroxylation is 2. The van der Waals surface area contributed by atoms with Crippen molar-refractivity contribution in [1.82, 2.24) is 15.3 Å². The van der Waals surface area contributed by atoms with Crippen LogP contribution in [-0.4, -0.2) is 29.1 Å². The second-order valence-corrected chi connectivity index (χ2v) is 6.16. The molecule has 1 saturated carbocycles. The lowest BCUT2D eigenvalue weighted by Crippen LogP contribution is -2.35. The van der Waals surface area contributed by atoms with Crippen molar-refractivity contribution in [2.45, 2.75) is 51.6 Å². The molecule has 0 aliphatic heterocycles. The Bertz CT molecular complexity index is 630. The highest BCUT2D eigenvalue weighted by molar-refractivity contribution is 5.90. The predicted octanol–water partition coefficient (Wildman–Crippen LogP) is 3.19. The molecule has 4 heteroatoms. The monoisotopic (exact) mass is 284 g/mol. The number of aromatic nitrogens is 2. The Kier molecular flexibility index (Phi) is 4.06. The number of hydrogen-bond acceptors (Lipinski definition) is 4.